The van der Waals surface area contributed by atoms with Crippen molar-refractivity contribution < 1.29 is 13.9 Å². The second kappa shape index (κ2) is 6.08. The molecule has 0 spiro atoms. The van der Waals surface area contributed by atoms with E-state index in [0.29, 0.717) is 14.8 Å². The van der Waals surface area contributed by atoms with Gasteiger partial charge in [-0.15, -0.1) is 0 Å². The SMILES string of the molecule is CC(C)(C)OC(=O)n1cc(Br)cc1-c1ccc(I)c(F)c1. The van der Waals surface area contributed by atoms with Crippen molar-refractivity contribution in [3.8, 4) is 11.3 Å². The van der Waals surface area contributed by atoms with Crippen molar-refractivity contribution in [1.82, 2.24) is 4.57 Å². The first-order valence-electron chi connectivity index (χ1n) is 6.24. The Balaban J connectivity index is 2.45. The van der Waals surface area contributed by atoms with Gasteiger partial charge in [0.2, 0.25) is 0 Å². The molecule has 6 heteroatoms. The fourth-order valence-electron chi connectivity index (χ4n) is 1.77. The molecule has 112 valence electrons. The van der Waals surface area contributed by atoms with Crippen LogP contribution in [0.1, 0.15) is 20.8 Å². The second-order valence-corrected chi connectivity index (χ2v) is 7.60. The lowest BCUT2D eigenvalue weighted by Crippen LogP contribution is -2.27. The highest BCUT2D eigenvalue weighted by Crippen LogP contribution is 2.28. The Kier molecular flexibility index (Phi) is 4.77. The van der Waals surface area contributed by atoms with Gasteiger partial charge >= 0.3 is 6.09 Å². The molecule has 0 saturated carbocycles. The van der Waals surface area contributed by atoms with Crippen molar-refractivity contribution in [1.29, 1.82) is 0 Å². The number of hydrogen-bond donors (Lipinski definition) is 0. The summed E-state index contributed by atoms with van der Waals surface area (Å²) in [5.74, 6) is -0.318. The maximum atomic E-state index is 13.7. The summed E-state index contributed by atoms with van der Waals surface area (Å²) in [6.07, 6.45) is 1.11. The summed E-state index contributed by atoms with van der Waals surface area (Å²) in [5, 5.41) is 0. The lowest BCUT2D eigenvalue weighted by molar-refractivity contribution is 0.0540. The van der Waals surface area contributed by atoms with E-state index in [0.717, 1.165) is 4.47 Å². The van der Waals surface area contributed by atoms with Crippen molar-refractivity contribution in [3.63, 3.8) is 0 Å². The minimum Gasteiger partial charge on any atom is -0.443 e. The summed E-state index contributed by atoms with van der Waals surface area (Å²) in [6.45, 7) is 5.40. The van der Waals surface area contributed by atoms with E-state index in [9.17, 15) is 9.18 Å². The molecule has 0 unspecified atom stereocenters. The van der Waals surface area contributed by atoms with Crippen LogP contribution in [0.2, 0.25) is 0 Å². The molecule has 2 rings (SSSR count). The van der Waals surface area contributed by atoms with E-state index >= 15 is 0 Å². The van der Waals surface area contributed by atoms with Gasteiger partial charge in [0, 0.05) is 19.8 Å². The summed E-state index contributed by atoms with van der Waals surface area (Å²) in [4.78, 5) is 12.2. The molecule has 0 atom stereocenters. The molecule has 0 fully saturated rings. The van der Waals surface area contributed by atoms with E-state index in [1.54, 1.807) is 45.2 Å². The predicted octanol–water partition coefficient (Wildman–Crippen LogP) is 5.44. The molecule has 0 bridgehead atoms. The molecule has 0 aliphatic rings. The molecule has 3 nitrogen and oxygen atoms in total. The average molecular weight is 466 g/mol. The van der Waals surface area contributed by atoms with E-state index in [4.69, 9.17) is 4.74 Å². The molecule has 0 aliphatic heterocycles. The third-order valence-electron chi connectivity index (χ3n) is 2.59. The smallest absolute Gasteiger partial charge is 0.419 e. The standard InChI is InChI=1S/C15H14BrFINO2/c1-15(2,3)21-14(20)19-8-10(16)7-13(19)9-4-5-12(18)11(17)6-9/h4-8H,1-3H3. The largest absolute Gasteiger partial charge is 0.443 e. The van der Waals surface area contributed by atoms with Crippen LogP contribution in [0, 0.1) is 9.39 Å². The van der Waals surface area contributed by atoms with Gasteiger partial charge in [0.25, 0.3) is 0 Å². The third-order valence-corrected chi connectivity index (χ3v) is 3.90. The Morgan fingerprint density at radius 1 is 1.33 bits per heavy atom. The van der Waals surface area contributed by atoms with Gasteiger partial charge in [-0.05, 0) is 77.5 Å². The lowest BCUT2D eigenvalue weighted by atomic mass is 10.1. The second-order valence-electron chi connectivity index (χ2n) is 5.52. The Morgan fingerprint density at radius 3 is 2.57 bits per heavy atom. The Morgan fingerprint density at radius 2 is 2.00 bits per heavy atom. The number of halogens is 3. The van der Waals surface area contributed by atoms with Crippen LogP contribution >= 0.6 is 38.5 Å². The van der Waals surface area contributed by atoms with E-state index in [2.05, 4.69) is 15.9 Å². The monoisotopic (exact) mass is 465 g/mol. The zero-order valence-corrected chi connectivity index (χ0v) is 15.5. The van der Waals surface area contributed by atoms with Gasteiger partial charge in [-0.3, -0.25) is 4.57 Å². The number of hydrogen-bond acceptors (Lipinski definition) is 2. The summed E-state index contributed by atoms with van der Waals surface area (Å²) in [6, 6.07) is 6.61. The van der Waals surface area contributed by atoms with Gasteiger partial charge < -0.3 is 4.74 Å². The molecule has 1 heterocycles. The van der Waals surface area contributed by atoms with Crippen molar-refractivity contribution >= 4 is 44.6 Å². The highest BCUT2D eigenvalue weighted by Gasteiger charge is 2.21. The van der Waals surface area contributed by atoms with Crippen LogP contribution in [0.5, 0.6) is 0 Å². The number of carbonyl (C=O) groups is 1. The normalized spacial score (nSPS) is 11.5. The first kappa shape index (κ1) is 16.5. The molecule has 0 radical (unpaired) electrons. The highest BCUT2D eigenvalue weighted by atomic mass is 127. The molecule has 0 N–H and O–H groups in total. The van der Waals surface area contributed by atoms with E-state index in [-0.39, 0.29) is 5.82 Å². The number of rotatable bonds is 1. The quantitative estimate of drug-likeness (QED) is 0.525. The number of nitrogens with zero attached hydrogens (tertiary/aromatic N) is 1. The number of benzene rings is 1. The maximum absolute atomic E-state index is 13.7. The van der Waals surface area contributed by atoms with Crippen molar-refractivity contribution in [2.24, 2.45) is 0 Å². The molecule has 0 saturated heterocycles. The summed E-state index contributed by atoms with van der Waals surface area (Å²) in [5.41, 5.74) is 0.596. The zero-order valence-electron chi connectivity index (χ0n) is 11.8. The number of ether oxygens (including phenoxy) is 1. The molecular formula is C15H14BrFINO2. The molecule has 0 aliphatic carbocycles. The minimum absolute atomic E-state index is 0.318. The zero-order chi connectivity index (χ0) is 15.8. The van der Waals surface area contributed by atoms with Crippen LogP contribution in [0.15, 0.2) is 34.9 Å². The van der Waals surface area contributed by atoms with E-state index in [1.807, 2.05) is 22.6 Å². The highest BCUT2D eigenvalue weighted by molar-refractivity contribution is 14.1. The topological polar surface area (TPSA) is 31.2 Å². The van der Waals surface area contributed by atoms with Gasteiger partial charge in [-0.1, -0.05) is 6.07 Å². The fraction of sp³-hybridized carbons (Fsp3) is 0.267. The van der Waals surface area contributed by atoms with Gasteiger partial charge in [-0.2, -0.15) is 0 Å². The molecule has 21 heavy (non-hydrogen) atoms. The van der Waals surface area contributed by atoms with E-state index in [1.165, 1.54) is 10.6 Å². The van der Waals surface area contributed by atoms with Crippen LogP contribution in [-0.4, -0.2) is 16.3 Å². The molecule has 1 aromatic carbocycles. The summed E-state index contributed by atoms with van der Waals surface area (Å²) in [7, 11) is 0. The van der Waals surface area contributed by atoms with Crippen LogP contribution in [-0.2, 0) is 4.74 Å². The van der Waals surface area contributed by atoms with Crippen molar-refractivity contribution in [2.75, 3.05) is 0 Å². The lowest BCUT2D eigenvalue weighted by Gasteiger charge is -2.20. The van der Waals surface area contributed by atoms with Crippen LogP contribution in [0.4, 0.5) is 9.18 Å². The van der Waals surface area contributed by atoms with Gasteiger partial charge in [0.15, 0.2) is 0 Å². The van der Waals surface area contributed by atoms with Crippen LogP contribution in [0.3, 0.4) is 0 Å². The van der Waals surface area contributed by atoms with E-state index < -0.39 is 11.7 Å². The van der Waals surface area contributed by atoms with Crippen LogP contribution < -0.4 is 0 Å². The molecule has 0 amide bonds. The first-order valence-corrected chi connectivity index (χ1v) is 8.11. The maximum Gasteiger partial charge on any atom is 0.419 e. The van der Waals surface area contributed by atoms with Crippen molar-refractivity contribution in [3.05, 3.63) is 44.3 Å². The first-order chi connectivity index (χ1) is 9.67. The number of aromatic nitrogens is 1. The van der Waals surface area contributed by atoms with Gasteiger partial charge in [0.1, 0.15) is 11.4 Å². The molecular weight excluding hydrogens is 452 g/mol. The molecule has 1 aromatic heterocycles. The summed E-state index contributed by atoms with van der Waals surface area (Å²) >= 11 is 5.26. The predicted molar refractivity (Wildman–Crippen MR) is 91.9 cm³/mol. The van der Waals surface area contributed by atoms with Crippen molar-refractivity contribution in [2.45, 2.75) is 26.4 Å². The van der Waals surface area contributed by atoms with Crippen LogP contribution in [0.25, 0.3) is 11.3 Å². The molecule has 2 aromatic rings. The van der Waals surface area contributed by atoms with Gasteiger partial charge in [0.05, 0.1) is 5.69 Å². The third kappa shape index (κ3) is 4.06. The fourth-order valence-corrected chi connectivity index (χ4v) is 2.53. The minimum atomic E-state index is -0.595. The Bertz CT molecular complexity index is 691. The van der Waals surface area contributed by atoms with Gasteiger partial charge in [-0.25, -0.2) is 9.18 Å². The summed E-state index contributed by atoms with van der Waals surface area (Å²) < 4.78 is 21.7. The Hall–Kier alpha value is -0.890. The average Bonchev–Trinajstić information content (AvgIpc) is 2.73. The number of carbonyl (C=O) groups excluding carboxylic acids is 1. The Labute approximate surface area is 144 Å².